The van der Waals surface area contributed by atoms with Crippen molar-refractivity contribution in [2.24, 2.45) is 0 Å². The minimum absolute atomic E-state index is 0.0172. The molecule has 0 aliphatic carbocycles. The molecule has 0 amide bonds. The van der Waals surface area contributed by atoms with Crippen molar-refractivity contribution < 1.29 is 14.3 Å². The first kappa shape index (κ1) is 14.5. The molecular weight excluding hydrogens is 322 g/mol. The Kier molecular flexibility index (Phi) is 4.74. The van der Waals surface area contributed by atoms with Crippen molar-refractivity contribution in [1.82, 2.24) is 4.98 Å². The Morgan fingerprint density at radius 2 is 1.85 bits per heavy atom. The standard InChI is InChI=1S/C15H14BrNO3/c1-19-13-4-3-11(15(20-2)14(13)16)12(18)9-10-5-7-17-8-6-10/h3-8H,9H2,1-2H3. The number of pyridine rings is 1. The van der Waals surface area contributed by atoms with Crippen molar-refractivity contribution in [3.63, 3.8) is 0 Å². The van der Waals surface area contributed by atoms with E-state index in [0.717, 1.165) is 5.56 Å². The van der Waals surface area contributed by atoms with E-state index in [2.05, 4.69) is 20.9 Å². The minimum Gasteiger partial charge on any atom is -0.495 e. The first-order valence-electron chi connectivity index (χ1n) is 6.00. The van der Waals surface area contributed by atoms with Gasteiger partial charge in [-0.25, -0.2) is 0 Å². The number of hydrogen-bond acceptors (Lipinski definition) is 4. The average molecular weight is 336 g/mol. The third kappa shape index (κ3) is 2.99. The third-order valence-electron chi connectivity index (χ3n) is 2.90. The molecule has 2 aromatic rings. The Bertz CT molecular complexity index is 614. The number of hydrogen-bond donors (Lipinski definition) is 0. The molecule has 0 saturated carbocycles. The summed E-state index contributed by atoms with van der Waals surface area (Å²) in [5.74, 6) is 1.10. The number of Topliss-reactive ketones (excluding diaryl/α,β-unsaturated/α-hetero) is 1. The van der Waals surface area contributed by atoms with Crippen LogP contribution >= 0.6 is 15.9 Å². The summed E-state index contributed by atoms with van der Waals surface area (Å²) < 4.78 is 11.2. The molecule has 0 aliphatic rings. The monoisotopic (exact) mass is 335 g/mol. The zero-order valence-electron chi connectivity index (χ0n) is 11.2. The van der Waals surface area contributed by atoms with Crippen molar-refractivity contribution in [2.45, 2.75) is 6.42 Å². The number of carbonyl (C=O) groups is 1. The number of aromatic nitrogens is 1. The van der Waals surface area contributed by atoms with E-state index in [4.69, 9.17) is 9.47 Å². The highest BCUT2D eigenvalue weighted by molar-refractivity contribution is 9.10. The molecule has 0 spiro atoms. The van der Waals surface area contributed by atoms with Gasteiger partial charge in [0.05, 0.1) is 19.8 Å². The van der Waals surface area contributed by atoms with Gasteiger partial charge in [-0.3, -0.25) is 9.78 Å². The molecule has 0 fully saturated rings. The molecule has 4 nitrogen and oxygen atoms in total. The summed E-state index contributed by atoms with van der Waals surface area (Å²) in [6, 6.07) is 7.10. The highest BCUT2D eigenvalue weighted by atomic mass is 79.9. The van der Waals surface area contributed by atoms with Gasteiger partial charge in [-0.2, -0.15) is 0 Å². The lowest BCUT2D eigenvalue weighted by Crippen LogP contribution is -2.06. The molecule has 0 saturated heterocycles. The molecule has 20 heavy (non-hydrogen) atoms. The third-order valence-corrected chi connectivity index (χ3v) is 3.65. The molecule has 0 bridgehead atoms. The van der Waals surface area contributed by atoms with Crippen LogP contribution in [0.3, 0.4) is 0 Å². The molecular formula is C15H14BrNO3. The molecule has 104 valence electrons. The van der Waals surface area contributed by atoms with Crippen LogP contribution in [-0.2, 0) is 6.42 Å². The maximum absolute atomic E-state index is 12.4. The van der Waals surface area contributed by atoms with Crippen LogP contribution in [0.4, 0.5) is 0 Å². The van der Waals surface area contributed by atoms with Gasteiger partial charge in [-0.15, -0.1) is 0 Å². The number of carbonyl (C=O) groups excluding carboxylic acids is 1. The van der Waals surface area contributed by atoms with Gasteiger partial charge in [0.1, 0.15) is 16.0 Å². The first-order chi connectivity index (χ1) is 9.67. The fourth-order valence-electron chi connectivity index (χ4n) is 1.90. The van der Waals surface area contributed by atoms with Gasteiger partial charge in [0, 0.05) is 18.8 Å². The van der Waals surface area contributed by atoms with E-state index in [1.54, 1.807) is 31.6 Å². The Labute approximate surface area is 125 Å². The molecule has 0 radical (unpaired) electrons. The summed E-state index contributed by atoms with van der Waals surface area (Å²) in [6.07, 6.45) is 3.64. The van der Waals surface area contributed by atoms with Crippen LogP contribution in [0.2, 0.25) is 0 Å². The van der Waals surface area contributed by atoms with E-state index in [1.807, 2.05) is 12.1 Å². The number of methoxy groups -OCH3 is 2. The van der Waals surface area contributed by atoms with Crippen molar-refractivity contribution >= 4 is 21.7 Å². The zero-order valence-corrected chi connectivity index (χ0v) is 12.8. The molecule has 2 rings (SSSR count). The molecule has 1 aromatic heterocycles. The molecule has 0 atom stereocenters. The fraction of sp³-hybridized carbons (Fsp3) is 0.200. The highest BCUT2D eigenvalue weighted by Gasteiger charge is 2.18. The summed E-state index contributed by atoms with van der Waals surface area (Å²) in [6.45, 7) is 0. The number of ketones is 1. The summed E-state index contributed by atoms with van der Waals surface area (Å²) in [4.78, 5) is 16.3. The van der Waals surface area contributed by atoms with Crippen molar-refractivity contribution in [1.29, 1.82) is 0 Å². The van der Waals surface area contributed by atoms with Gasteiger partial charge in [0.25, 0.3) is 0 Å². The van der Waals surface area contributed by atoms with Crippen LogP contribution in [0.25, 0.3) is 0 Å². The fourth-order valence-corrected chi connectivity index (χ4v) is 2.57. The van der Waals surface area contributed by atoms with Crippen LogP contribution in [0.1, 0.15) is 15.9 Å². The van der Waals surface area contributed by atoms with Crippen LogP contribution in [0.15, 0.2) is 41.1 Å². The van der Waals surface area contributed by atoms with Crippen molar-refractivity contribution in [3.8, 4) is 11.5 Å². The van der Waals surface area contributed by atoms with E-state index in [-0.39, 0.29) is 5.78 Å². The maximum Gasteiger partial charge on any atom is 0.171 e. The number of halogens is 1. The van der Waals surface area contributed by atoms with Crippen molar-refractivity contribution in [3.05, 3.63) is 52.3 Å². The van der Waals surface area contributed by atoms with E-state index in [0.29, 0.717) is 28.0 Å². The van der Waals surface area contributed by atoms with Gasteiger partial charge in [-0.05, 0) is 45.8 Å². The predicted molar refractivity (Wildman–Crippen MR) is 79.5 cm³/mol. The molecule has 1 heterocycles. The summed E-state index contributed by atoms with van der Waals surface area (Å²) in [5, 5.41) is 0. The SMILES string of the molecule is COc1ccc(C(=O)Cc2ccncc2)c(OC)c1Br. The Morgan fingerprint density at radius 3 is 2.45 bits per heavy atom. The normalized spacial score (nSPS) is 10.2. The summed E-state index contributed by atoms with van der Waals surface area (Å²) >= 11 is 3.39. The minimum atomic E-state index is -0.0172. The smallest absolute Gasteiger partial charge is 0.171 e. The van der Waals surface area contributed by atoms with Gasteiger partial charge < -0.3 is 9.47 Å². The molecule has 0 unspecified atom stereocenters. The van der Waals surface area contributed by atoms with E-state index >= 15 is 0 Å². The van der Waals surface area contributed by atoms with E-state index in [1.165, 1.54) is 7.11 Å². The zero-order chi connectivity index (χ0) is 14.5. The Morgan fingerprint density at radius 1 is 1.15 bits per heavy atom. The topological polar surface area (TPSA) is 48.4 Å². The molecule has 1 aromatic carbocycles. The Balaban J connectivity index is 2.33. The molecule has 5 heteroatoms. The largest absolute Gasteiger partial charge is 0.495 e. The number of nitrogens with zero attached hydrogens (tertiary/aromatic N) is 1. The van der Waals surface area contributed by atoms with Crippen molar-refractivity contribution in [2.75, 3.05) is 14.2 Å². The predicted octanol–water partition coefficient (Wildman–Crippen LogP) is 3.29. The second-order valence-corrected chi connectivity index (χ2v) is 4.91. The van der Waals surface area contributed by atoms with Crippen LogP contribution in [0.5, 0.6) is 11.5 Å². The highest BCUT2D eigenvalue weighted by Crippen LogP contribution is 2.37. The Hall–Kier alpha value is -1.88. The number of rotatable bonds is 5. The van der Waals surface area contributed by atoms with Crippen LogP contribution in [-0.4, -0.2) is 25.0 Å². The molecule has 0 aliphatic heterocycles. The summed E-state index contributed by atoms with van der Waals surface area (Å²) in [5.41, 5.74) is 1.44. The van der Waals surface area contributed by atoms with Gasteiger partial charge >= 0.3 is 0 Å². The lowest BCUT2D eigenvalue weighted by Gasteiger charge is -2.12. The number of ether oxygens (including phenoxy) is 2. The lowest BCUT2D eigenvalue weighted by atomic mass is 10.0. The van der Waals surface area contributed by atoms with Gasteiger partial charge in [-0.1, -0.05) is 0 Å². The molecule has 0 N–H and O–H groups in total. The van der Waals surface area contributed by atoms with Gasteiger partial charge in [0.15, 0.2) is 5.78 Å². The van der Waals surface area contributed by atoms with E-state index in [9.17, 15) is 4.79 Å². The average Bonchev–Trinajstić information content (AvgIpc) is 2.47. The van der Waals surface area contributed by atoms with Gasteiger partial charge in [0.2, 0.25) is 0 Å². The second kappa shape index (κ2) is 6.52. The van der Waals surface area contributed by atoms with Crippen LogP contribution in [0, 0.1) is 0 Å². The van der Waals surface area contributed by atoms with E-state index < -0.39 is 0 Å². The summed E-state index contributed by atoms with van der Waals surface area (Å²) in [7, 11) is 3.10. The lowest BCUT2D eigenvalue weighted by molar-refractivity contribution is 0.0990. The first-order valence-corrected chi connectivity index (χ1v) is 6.79. The van der Waals surface area contributed by atoms with Crippen LogP contribution < -0.4 is 9.47 Å². The maximum atomic E-state index is 12.4. The quantitative estimate of drug-likeness (QED) is 0.786. The second-order valence-electron chi connectivity index (χ2n) is 4.12. The number of benzene rings is 1.